The van der Waals surface area contributed by atoms with Crippen molar-refractivity contribution in [3.05, 3.63) is 56.2 Å². The lowest BCUT2D eigenvalue weighted by Gasteiger charge is -2.07. The molecule has 1 heterocycles. The molecule has 0 spiro atoms. The summed E-state index contributed by atoms with van der Waals surface area (Å²) in [7, 11) is 1.64. The molecule has 104 valence electrons. The summed E-state index contributed by atoms with van der Waals surface area (Å²) in [4.78, 5) is 19.4. The van der Waals surface area contributed by atoms with Crippen LogP contribution < -0.4 is 10.3 Å². The SMILES string of the molecule is COc1cccc(Cc2nc(C3CC3)c(Br)c(=O)[nH]2)c1. The third kappa shape index (κ3) is 2.77. The second-order valence-corrected chi connectivity index (χ2v) is 5.81. The molecule has 3 rings (SSSR count). The lowest BCUT2D eigenvalue weighted by Crippen LogP contribution is -2.15. The van der Waals surface area contributed by atoms with Crippen molar-refractivity contribution >= 4 is 15.9 Å². The monoisotopic (exact) mass is 334 g/mol. The smallest absolute Gasteiger partial charge is 0.265 e. The zero-order valence-corrected chi connectivity index (χ0v) is 12.7. The molecule has 0 amide bonds. The summed E-state index contributed by atoms with van der Waals surface area (Å²) in [5.74, 6) is 1.95. The minimum atomic E-state index is -0.0974. The molecule has 0 atom stereocenters. The summed E-state index contributed by atoms with van der Waals surface area (Å²) in [6, 6.07) is 7.80. The molecule has 2 aromatic rings. The first-order chi connectivity index (χ1) is 9.67. The topological polar surface area (TPSA) is 55.0 Å². The van der Waals surface area contributed by atoms with Gasteiger partial charge in [0.2, 0.25) is 0 Å². The molecule has 1 aliphatic carbocycles. The quantitative estimate of drug-likeness (QED) is 0.934. The Balaban J connectivity index is 1.92. The first-order valence-corrected chi connectivity index (χ1v) is 7.38. The van der Waals surface area contributed by atoms with Gasteiger partial charge >= 0.3 is 0 Å². The Morgan fingerprint density at radius 3 is 2.95 bits per heavy atom. The van der Waals surface area contributed by atoms with Crippen LogP contribution in [-0.4, -0.2) is 17.1 Å². The van der Waals surface area contributed by atoms with Gasteiger partial charge in [0.1, 0.15) is 16.0 Å². The van der Waals surface area contributed by atoms with Gasteiger partial charge in [-0.15, -0.1) is 0 Å². The number of methoxy groups -OCH3 is 1. The van der Waals surface area contributed by atoms with Crippen LogP contribution in [-0.2, 0) is 6.42 Å². The van der Waals surface area contributed by atoms with Gasteiger partial charge in [-0.2, -0.15) is 0 Å². The lowest BCUT2D eigenvalue weighted by molar-refractivity contribution is 0.414. The molecule has 0 saturated heterocycles. The van der Waals surface area contributed by atoms with E-state index in [1.807, 2.05) is 24.3 Å². The van der Waals surface area contributed by atoms with E-state index in [0.29, 0.717) is 22.6 Å². The Bertz CT molecular complexity index is 693. The number of nitrogens with one attached hydrogen (secondary N) is 1. The first kappa shape index (κ1) is 13.4. The van der Waals surface area contributed by atoms with Crippen LogP contribution in [0.4, 0.5) is 0 Å². The van der Waals surface area contributed by atoms with E-state index in [0.717, 1.165) is 29.8 Å². The zero-order valence-electron chi connectivity index (χ0n) is 11.1. The van der Waals surface area contributed by atoms with E-state index in [2.05, 4.69) is 25.9 Å². The van der Waals surface area contributed by atoms with Gasteiger partial charge in [0, 0.05) is 12.3 Å². The Morgan fingerprint density at radius 2 is 2.25 bits per heavy atom. The van der Waals surface area contributed by atoms with Crippen LogP contribution >= 0.6 is 15.9 Å². The van der Waals surface area contributed by atoms with E-state index in [-0.39, 0.29) is 5.56 Å². The van der Waals surface area contributed by atoms with Crippen LogP contribution in [0.2, 0.25) is 0 Å². The second kappa shape index (κ2) is 5.40. The number of hydrogen-bond donors (Lipinski definition) is 1. The molecular formula is C15H15BrN2O2. The van der Waals surface area contributed by atoms with Gasteiger partial charge in [-0.25, -0.2) is 4.98 Å². The van der Waals surface area contributed by atoms with Gasteiger partial charge in [-0.05, 0) is 46.5 Å². The number of hydrogen-bond acceptors (Lipinski definition) is 3. The molecule has 5 heteroatoms. The maximum Gasteiger partial charge on any atom is 0.265 e. The van der Waals surface area contributed by atoms with Crippen LogP contribution in [0, 0.1) is 0 Å². The highest BCUT2D eigenvalue weighted by Crippen LogP contribution is 2.41. The Labute approximate surface area is 125 Å². The van der Waals surface area contributed by atoms with Gasteiger partial charge < -0.3 is 9.72 Å². The molecule has 1 aliphatic rings. The number of halogens is 1. The van der Waals surface area contributed by atoms with Crippen molar-refractivity contribution in [3.63, 3.8) is 0 Å². The lowest BCUT2D eigenvalue weighted by atomic mass is 10.1. The van der Waals surface area contributed by atoms with Crippen molar-refractivity contribution in [2.24, 2.45) is 0 Å². The standard InChI is InChI=1S/C15H15BrN2O2/c1-20-11-4-2-3-9(7-11)8-12-17-14(10-5-6-10)13(16)15(19)18-12/h2-4,7,10H,5-6,8H2,1H3,(H,17,18,19). The number of nitrogens with zero attached hydrogens (tertiary/aromatic N) is 1. The van der Waals surface area contributed by atoms with E-state index in [1.54, 1.807) is 7.11 Å². The molecule has 0 unspecified atom stereocenters. The predicted octanol–water partition coefficient (Wildman–Crippen LogP) is 3.01. The fourth-order valence-electron chi connectivity index (χ4n) is 2.21. The average molecular weight is 335 g/mol. The van der Waals surface area contributed by atoms with Crippen molar-refractivity contribution in [1.82, 2.24) is 9.97 Å². The van der Waals surface area contributed by atoms with E-state index >= 15 is 0 Å². The summed E-state index contributed by atoms with van der Waals surface area (Å²) in [5.41, 5.74) is 1.86. The molecule has 1 N–H and O–H groups in total. The molecule has 20 heavy (non-hydrogen) atoms. The fraction of sp³-hybridized carbons (Fsp3) is 0.333. The number of ether oxygens (including phenoxy) is 1. The molecule has 0 aliphatic heterocycles. The van der Waals surface area contributed by atoms with E-state index in [1.165, 1.54) is 0 Å². The number of aromatic amines is 1. The van der Waals surface area contributed by atoms with Gasteiger partial charge in [0.15, 0.2) is 0 Å². The largest absolute Gasteiger partial charge is 0.497 e. The van der Waals surface area contributed by atoms with Crippen molar-refractivity contribution < 1.29 is 4.74 Å². The van der Waals surface area contributed by atoms with Gasteiger partial charge in [0.05, 0.1) is 12.8 Å². The predicted molar refractivity (Wildman–Crippen MR) is 80.3 cm³/mol. The van der Waals surface area contributed by atoms with Crippen molar-refractivity contribution in [3.8, 4) is 5.75 Å². The minimum absolute atomic E-state index is 0.0974. The summed E-state index contributed by atoms with van der Waals surface area (Å²) < 4.78 is 5.79. The van der Waals surface area contributed by atoms with Crippen LogP contribution in [0.25, 0.3) is 0 Å². The van der Waals surface area contributed by atoms with Crippen molar-refractivity contribution in [1.29, 1.82) is 0 Å². The number of aromatic nitrogens is 2. The highest BCUT2D eigenvalue weighted by Gasteiger charge is 2.28. The summed E-state index contributed by atoms with van der Waals surface area (Å²) >= 11 is 3.34. The van der Waals surface area contributed by atoms with Crippen LogP contribution in [0.15, 0.2) is 33.5 Å². The molecule has 1 aromatic carbocycles. The Kier molecular flexibility index (Phi) is 3.61. The Hall–Kier alpha value is -1.62. The zero-order chi connectivity index (χ0) is 14.1. The average Bonchev–Trinajstić information content (AvgIpc) is 3.27. The molecular weight excluding hydrogens is 320 g/mol. The summed E-state index contributed by atoms with van der Waals surface area (Å²) in [6.07, 6.45) is 2.83. The molecule has 1 saturated carbocycles. The van der Waals surface area contributed by atoms with Crippen LogP contribution in [0.3, 0.4) is 0 Å². The van der Waals surface area contributed by atoms with Crippen molar-refractivity contribution in [2.45, 2.75) is 25.2 Å². The third-order valence-electron chi connectivity index (χ3n) is 3.41. The Morgan fingerprint density at radius 1 is 1.45 bits per heavy atom. The first-order valence-electron chi connectivity index (χ1n) is 6.59. The fourth-order valence-corrected chi connectivity index (χ4v) is 2.72. The van der Waals surface area contributed by atoms with Gasteiger partial charge in [-0.3, -0.25) is 4.79 Å². The van der Waals surface area contributed by atoms with E-state index < -0.39 is 0 Å². The molecule has 0 radical (unpaired) electrons. The van der Waals surface area contributed by atoms with Crippen LogP contribution in [0.1, 0.15) is 35.8 Å². The van der Waals surface area contributed by atoms with Gasteiger partial charge in [0.25, 0.3) is 5.56 Å². The van der Waals surface area contributed by atoms with E-state index in [4.69, 9.17) is 4.74 Å². The second-order valence-electron chi connectivity index (χ2n) is 5.01. The highest BCUT2D eigenvalue weighted by molar-refractivity contribution is 9.10. The maximum atomic E-state index is 11.9. The van der Waals surface area contributed by atoms with Gasteiger partial charge in [-0.1, -0.05) is 12.1 Å². The number of benzene rings is 1. The number of rotatable bonds is 4. The normalized spacial score (nSPS) is 14.3. The minimum Gasteiger partial charge on any atom is -0.497 e. The summed E-state index contributed by atoms with van der Waals surface area (Å²) in [5, 5.41) is 0. The maximum absolute atomic E-state index is 11.9. The molecule has 4 nitrogen and oxygen atoms in total. The number of H-pyrrole nitrogens is 1. The molecule has 1 fully saturated rings. The summed E-state index contributed by atoms with van der Waals surface area (Å²) in [6.45, 7) is 0. The third-order valence-corrected chi connectivity index (χ3v) is 4.17. The molecule has 1 aromatic heterocycles. The van der Waals surface area contributed by atoms with Crippen LogP contribution in [0.5, 0.6) is 5.75 Å². The van der Waals surface area contributed by atoms with Crippen molar-refractivity contribution in [2.75, 3.05) is 7.11 Å². The van der Waals surface area contributed by atoms with E-state index in [9.17, 15) is 4.79 Å². The highest BCUT2D eigenvalue weighted by atomic mass is 79.9. The molecule has 0 bridgehead atoms.